The van der Waals surface area contributed by atoms with Gasteiger partial charge >= 0.3 is 0 Å². The SMILES string of the molecule is CCN(Cc1nc(-c2ccccc2)no1)S(=O)(=O)c1cc(Cl)ccc1OC. The van der Waals surface area contributed by atoms with Gasteiger partial charge in [-0.1, -0.05) is 54.0 Å². The number of halogens is 1. The fourth-order valence-electron chi connectivity index (χ4n) is 2.53. The van der Waals surface area contributed by atoms with Crippen molar-refractivity contribution in [2.45, 2.75) is 18.4 Å². The highest BCUT2D eigenvalue weighted by Crippen LogP contribution is 2.30. The lowest BCUT2D eigenvalue weighted by molar-refractivity contribution is 0.320. The average molecular weight is 408 g/mol. The van der Waals surface area contributed by atoms with Crippen molar-refractivity contribution in [2.24, 2.45) is 0 Å². The van der Waals surface area contributed by atoms with Crippen LogP contribution < -0.4 is 4.74 Å². The molecule has 1 heterocycles. The Labute approximate surface area is 162 Å². The van der Waals surface area contributed by atoms with Gasteiger partial charge in [-0.25, -0.2) is 8.42 Å². The lowest BCUT2D eigenvalue weighted by Gasteiger charge is -2.20. The van der Waals surface area contributed by atoms with E-state index in [1.807, 2.05) is 30.3 Å². The molecule has 2 aromatic carbocycles. The Balaban J connectivity index is 1.89. The highest BCUT2D eigenvalue weighted by atomic mass is 35.5. The van der Waals surface area contributed by atoms with Crippen LogP contribution in [0.4, 0.5) is 0 Å². The summed E-state index contributed by atoms with van der Waals surface area (Å²) in [4.78, 5) is 4.28. The van der Waals surface area contributed by atoms with E-state index in [0.717, 1.165) is 5.56 Å². The number of methoxy groups -OCH3 is 1. The quantitative estimate of drug-likeness (QED) is 0.594. The first-order valence-corrected chi connectivity index (χ1v) is 9.99. The zero-order valence-corrected chi connectivity index (χ0v) is 16.4. The number of rotatable bonds is 7. The second kappa shape index (κ2) is 8.08. The molecule has 0 aliphatic rings. The van der Waals surface area contributed by atoms with Crippen molar-refractivity contribution < 1.29 is 17.7 Å². The fraction of sp³-hybridized carbons (Fsp3) is 0.222. The van der Waals surface area contributed by atoms with E-state index < -0.39 is 10.0 Å². The van der Waals surface area contributed by atoms with Gasteiger partial charge in [-0.2, -0.15) is 9.29 Å². The van der Waals surface area contributed by atoms with E-state index in [0.29, 0.717) is 10.8 Å². The van der Waals surface area contributed by atoms with Crippen molar-refractivity contribution in [1.29, 1.82) is 0 Å². The van der Waals surface area contributed by atoms with E-state index >= 15 is 0 Å². The van der Waals surface area contributed by atoms with Crippen molar-refractivity contribution >= 4 is 21.6 Å². The van der Waals surface area contributed by atoms with Crippen molar-refractivity contribution in [1.82, 2.24) is 14.4 Å². The molecule has 0 saturated carbocycles. The molecule has 0 unspecified atom stereocenters. The first-order valence-electron chi connectivity index (χ1n) is 8.17. The zero-order valence-electron chi connectivity index (χ0n) is 14.8. The molecule has 0 saturated heterocycles. The monoisotopic (exact) mass is 407 g/mol. The lowest BCUT2D eigenvalue weighted by Crippen LogP contribution is -2.31. The van der Waals surface area contributed by atoms with Gasteiger partial charge in [0.25, 0.3) is 0 Å². The van der Waals surface area contributed by atoms with E-state index in [1.54, 1.807) is 13.0 Å². The van der Waals surface area contributed by atoms with Crippen LogP contribution in [0.3, 0.4) is 0 Å². The molecule has 0 amide bonds. The molecule has 142 valence electrons. The van der Waals surface area contributed by atoms with Crippen LogP contribution in [-0.2, 0) is 16.6 Å². The van der Waals surface area contributed by atoms with Gasteiger partial charge in [-0.3, -0.25) is 0 Å². The van der Waals surface area contributed by atoms with Crippen LogP contribution in [0, 0.1) is 0 Å². The van der Waals surface area contributed by atoms with E-state index in [4.69, 9.17) is 20.9 Å². The molecule has 0 atom stereocenters. The summed E-state index contributed by atoms with van der Waals surface area (Å²) in [6.07, 6.45) is 0. The van der Waals surface area contributed by atoms with Crippen molar-refractivity contribution in [3.8, 4) is 17.1 Å². The third-order valence-corrected chi connectivity index (χ3v) is 6.08. The molecule has 3 rings (SSSR count). The summed E-state index contributed by atoms with van der Waals surface area (Å²) >= 11 is 5.98. The molecular formula is C18H18ClN3O4S. The van der Waals surface area contributed by atoms with E-state index in [-0.39, 0.29) is 29.6 Å². The van der Waals surface area contributed by atoms with Crippen LogP contribution in [0.1, 0.15) is 12.8 Å². The Morgan fingerprint density at radius 3 is 2.59 bits per heavy atom. The summed E-state index contributed by atoms with van der Waals surface area (Å²) in [6, 6.07) is 13.7. The maximum atomic E-state index is 13.1. The number of aromatic nitrogens is 2. The third kappa shape index (κ3) is 4.13. The van der Waals surface area contributed by atoms with E-state index in [1.165, 1.54) is 23.5 Å². The summed E-state index contributed by atoms with van der Waals surface area (Å²) in [7, 11) is -2.47. The Morgan fingerprint density at radius 1 is 1.19 bits per heavy atom. The molecule has 1 aromatic heterocycles. The second-order valence-corrected chi connectivity index (χ2v) is 7.95. The molecule has 7 nitrogen and oxygen atoms in total. The van der Waals surface area contributed by atoms with Gasteiger partial charge in [-0.05, 0) is 18.2 Å². The maximum absolute atomic E-state index is 13.1. The Morgan fingerprint density at radius 2 is 1.93 bits per heavy atom. The molecule has 0 aliphatic carbocycles. The summed E-state index contributed by atoms with van der Waals surface area (Å²) in [6.45, 7) is 1.87. The molecule has 9 heteroatoms. The minimum Gasteiger partial charge on any atom is -0.495 e. The number of sulfonamides is 1. The Kier molecular flexibility index (Phi) is 5.79. The third-order valence-electron chi connectivity index (χ3n) is 3.91. The van der Waals surface area contributed by atoms with Crippen LogP contribution in [0.25, 0.3) is 11.4 Å². The molecule has 0 N–H and O–H groups in total. The number of ether oxygens (including phenoxy) is 1. The van der Waals surface area contributed by atoms with E-state index in [9.17, 15) is 8.42 Å². The number of hydrogen-bond donors (Lipinski definition) is 0. The predicted molar refractivity (Wildman–Crippen MR) is 101 cm³/mol. The molecule has 0 aliphatic heterocycles. The molecule has 3 aromatic rings. The van der Waals surface area contributed by atoms with Crippen LogP contribution in [0.2, 0.25) is 5.02 Å². The van der Waals surface area contributed by atoms with Gasteiger partial charge in [0.2, 0.25) is 21.7 Å². The van der Waals surface area contributed by atoms with Gasteiger partial charge < -0.3 is 9.26 Å². The minimum absolute atomic E-state index is 0.0119. The Hall–Kier alpha value is -2.42. The summed E-state index contributed by atoms with van der Waals surface area (Å²) in [5.74, 6) is 0.813. The van der Waals surface area contributed by atoms with Gasteiger partial charge in [-0.15, -0.1) is 0 Å². The van der Waals surface area contributed by atoms with Crippen molar-refractivity contribution in [3.63, 3.8) is 0 Å². The molecule has 0 bridgehead atoms. The van der Waals surface area contributed by atoms with E-state index in [2.05, 4.69) is 10.1 Å². The highest BCUT2D eigenvalue weighted by Gasteiger charge is 2.28. The van der Waals surface area contributed by atoms with Crippen LogP contribution in [-0.4, -0.2) is 36.5 Å². The highest BCUT2D eigenvalue weighted by molar-refractivity contribution is 7.89. The molecule has 27 heavy (non-hydrogen) atoms. The smallest absolute Gasteiger partial charge is 0.247 e. The fourth-order valence-corrected chi connectivity index (χ4v) is 4.35. The van der Waals surface area contributed by atoms with Crippen LogP contribution in [0.15, 0.2) is 57.9 Å². The minimum atomic E-state index is -3.87. The van der Waals surface area contributed by atoms with Gasteiger partial charge in [0.05, 0.1) is 13.7 Å². The number of benzene rings is 2. The summed E-state index contributed by atoms with van der Waals surface area (Å²) in [5.41, 5.74) is 0.787. The van der Waals surface area contributed by atoms with Gasteiger partial charge in [0, 0.05) is 17.1 Å². The number of nitrogens with zero attached hydrogens (tertiary/aromatic N) is 3. The topological polar surface area (TPSA) is 85.5 Å². The van der Waals surface area contributed by atoms with Crippen LogP contribution in [0.5, 0.6) is 5.75 Å². The van der Waals surface area contributed by atoms with Gasteiger partial charge in [0.15, 0.2) is 0 Å². The average Bonchev–Trinajstić information content (AvgIpc) is 3.15. The maximum Gasteiger partial charge on any atom is 0.247 e. The Bertz CT molecular complexity index is 1020. The largest absolute Gasteiger partial charge is 0.495 e. The second-order valence-electron chi connectivity index (χ2n) is 5.60. The first kappa shape index (κ1) is 19.3. The first-order chi connectivity index (χ1) is 13.0. The van der Waals surface area contributed by atoms with Crippen molar-refractivity contribution in [3.05, 3.63) is 59.4 Å². The summed E-state index contributed by atoms with van der Waals surface area (Å²) in [5, 5.41) is 4.22. The predicted octanol–water partition coefficient (Wildman–Crippen LogP) is 3.61. The molecule has 0 fully saturated rings. The van der Waals surface area contributed by atoms with Gasteiger partial charge in [0.1, 0.15) is 10.6 Å². The zero-order chi connectivity index (χ0) is 19.4. The molecular weight excluding hydrogens is 390 g/mol. The molecule has 0 spiro atoms. The lowest BCUT2D eigenvalue weighted by atomic mass is 10.2. The van der Waals surface area contributed by atoms with Crippen molar-refractivity contribution in [2.75, 3.05) is 13.7 Å². The molecule has 0 radical (unpaired) electrons. The van der Waals surface area contributed by atoms with Crippen LogP contribution >= 0.6 is 11.6 Å². The standard InChI is InChI=1S/C18H18ClN3O4S/c1-3-22(27(23,24)16-11-14(19)9-10-15(16)25-2)12-17-20-18(21-26-17)13-7-5-4-6-8-13/h4-11H,3,12H2,1-2H3. The summed E-state index contributed by atoms with van der Waals surface area (Å²) < 4.78 is 37.8. The normalized spacial score (nSPS) is 11.7. The number of hydrogen-bond acceptors (Lipinski definition) is 6.